The van der Waals surface area contributed by atoms with Crippen molar-refractivity contribution in [2.45, 2.75) is 102 Å². The lowest BCUT2D eigenvalue weighted by atomic mass is 9.64. The molecule has 10 unspecified atom stereocenters. The minimum atomic E-state index is -0.548. The molecule has 2 aromatic heterocycles. The van der Waals surface area contributed by atoms with E-state index in [2.05, 4.69) is 0 Å². The Hall–Kier alpha value is -5.72. The number of nitrogens with zero attached hydrogens (tertiary/aromatic N) is 2. The van der Waals surface area contributed by atoms with Crippen molar-refractivity contribution in [1.29, 1.82) is 0 Å². The number of ketones is 4. The van der Waals surface area contributed by atoms with E-state index in [1.54, 1.807) is 12.1 Å². The number of Topliss-reactive ketones (excluding diaryl/α,β-unsaturated/α-hetero) is 4. The molecule has 0 saturated heterocycles. The summed E-state index contributed by atoms with van der Waals surface area (Å²) in [5.41, 5.74) is 3.39. The second kappa shape index (κ2) is 17.7. The first kappa shape index (κ1) is 43.6. The standard InChI is InChI=1S/C56H52N2O8S2/c59-49-35-19-31-15-7-8-16-32(31)20-36(35)50(60)47(49)57-45-25-41-43(55(63)65-27-29-11-3-1-4-12-29)23-39-40(53(41)67-45)24-44(56(64)66-28-30-13-5-2-6-14-30)42-26-46(68-54(39)42)58-48-51(61)37-21-33-17-9-10-18-34(33)22-38(37)52(48)62/h1-6,11-14,23-26,31-40H,7-10,15-22,27-28H2. The molecule has 10 atom stereocenters. The van der Waals surface area contributed by atoms with Crippen molar-refractivity contribution in [2.24, 2.45) is 57.3 Å². The Morgan fingerprint density at radius 1 is 0.500 bits per heavy atom. The van der Waals surface area contributed by atoms with E-state index >= 15 is 0 Å². The van der Waals surface area contributed by atoms with Crippen LogP contribution in [0.3, 0.4) is 0 Å². The molecule has 6 fully saturated rings. The Kier molecular flexibility index (Phi) is 11.3. The van der Waals surface area contributed by atoms with Crippen LogP contribution in [0.2, 0.25) is 0 Å². The van der Waals surface area contributed by atoms with E-state index in [1.807, 2.05) is 72.8 Å². The maximum Gasteiger partial charge on any atom is 0.338 e. The van der Waals surface area contributed by atoms with E-state index in [4.69, 9.17) is 19.5 Å². The van der Waals surface area contributed by atoms with Gasteiger partial charge in [0, 0.05) is 56.4 Å². The molecule has 4 aromatic rings. The number of hydrogen-bond acceptors (Lipinski definition) is 12. The maximum absolute atomic E-state index is 14.4. The van der Waals surface area contributed by atoms with Gasteiger partial charge in [0.1, 0.15) is 23.2 Å². The molecule has 2 heterocycles. The molecule has 0 amide bonds. The van der Waals surface area contributed by atoms with Gasteiger partial charge in [0.15, 0.2) is 34.6 Å². The minimum Gasteiger partial charge on any atom is -0.457 e. The van der Waals surface area contributed by atoms with Crippen molar-refractivity contribution in [3.8, 4) is 0 Å². The van der Waals surface area contributed by atoms with E-state index < -0.39 is 23.8 Å². The molecule has 2 aromatic carbocycles. The molecule has 12 rings (SSSR count). The number of esters is 2. The summed E-state index contributed by atoms with van der Waals surface area (Å²) >= 11 is 2.61. The first-order valence-corrected chi connectivity index (χ1v) is 26.3. The number of carbonyl (C=O) groups excluding carboxylic acids is 6. The van der Waals surface area contributed by atoms with Crippen molar-refractivity contribution in [3.05, 3.63) is 117 Å². The van der Waals surface area contributed by atoms with Crippen molar-refractivity contribution in [3.63, 3.8) is 0 Å². The van der Waals surface area contributed by atoms with E-state index in [1.165, 1.54) is 48.4 Å². The molecule has 10 nitrogen and oxygen atoms in total. The summed E-state index contributed by atoms with van der Waals surface area (Å²) < 4.78 is 12.0. The molecular weight excluding hydrogens is 893 g/mol. The summed E-state index contributed by atoms with van der Waals surface area (Å²) in [6.45, 7) is 0.0878. The van der Waals surface area contributed by atoms with E-state index in [0.717, 1.165) is 72.2 Å². The van der Waals surface area contributed by atoms with Crippen molar-refractivity contribution in [1.82, 2.24) is 0 Å². The molecule has 8 aliphatic carbocycles. The number of allylic oxidation sites excluding steroid dienone is 2. The van der Waals surface area contributed by atoms with Gasteiger partial charge >= 0.3 is 11.9 Å². The number of benzene rings is 2. The predicted molar refractivity (Wildman–Crippen MR) is 260 cm³/mol. The molecule has 0 aliphatic heterocycles. The molecule has 0 bridgehead atoms. The number of ether oxygens (including phenoxy) is 2. The summed E-state index contributed by atoms with van der Waals surface area (Å²) in [5, 5.41) is 0.853. The van der Waals surface area contributed by atoms with Crippen LogP contribution < -0.4 is 0 Å². The van der Waals surface area contributed by atoms with Crippen molar-refractivity contribution in [2.75, 3.05) is 0 Å². The molecule has 12 heteroatoms. The number of aliphatic imine (C=N–C) groups is 2. The number of carbonyl (C=O) groups is 6. The second-order valence-corrected chi connectivity index (χ2v) is 22.5. The second-order valence-electron chi connectivity index (χ2n) is 20.4. The van der Waals surface area contributed by atoms with Crippen LogP contribution in [0, 0.1) is 47.3 Å². The van der Waals surface area contributed by atoms with Gasteiger partial charge in [-0.25, -0.2) is 19.6 Å². The SMILES string of the molecule is O=C(OCc1ccccc1)C1=CC2c3sc(N=C4C(=O)C5CC6CCCCC6CC5C4=O)cc3C(C(=O)OCc3ccccc3)=CC2c2sc(N=C3C(=O)C4CC5CCCCC5CC4C3=O)cc21. The Morgan fingerprint density at radius 3 is 1.18 bits per heavy atom. The third kappa shape index (κ3) is 7.66. The number of thiophene rings is 2. The largest absolute Gasteiger partial charge is 0.457 e. The highest BCUT2D eigenvalue weighted by Gasteiger charge is 2.54. The van der Waals surface area contributed by atoms with Gasteiger partial charge in [-0.1, -0.05) is 124 Å². The highest BCUT2D eigenvalue weighted by Crippen LogP contribution is 2.57. The average Bonchev–Trinajstić information content (AvgIpc) is 4.11. The lowest BCUT2D eigenvalue weighted by Gasteiger charge is -2.39. The Morgan fingerprint density at radius 2 is 0.838 bits per heavy atom. The monoisotopic (exact) mass is 944 g/mol. The summed E-state index contributed by atoms with van der Waals surface area (Å²) in [6.07, 6.45) is 15.8. The molecule has 6 saturated carbocycles. The van der Waals surface area contributed by atoms with Crippen LogP contribution in [0.4, 0.5) is 10.0 Å². The smallest absolute Gasteiger partial charge is 0.338 e. The van der Waals surface area contributed by atoms with E-state index in [-0.39, 0.29) is 71.4 Å². The lowest BCUT2D eigenvalue weighted by molar-refractivity contribution is -0.138. The zero-order valence-corrected chi connectivity index (χ0v) is 39.4. The lowest BCUT2D eigenvalue weighted by Crippen LogP contribution is -2.35. The fourth-order valence-corrected chi connectivity index (χ4v) is 15.6. The topological polar surface area (TPSA) is 146 Å². The Bertz CT molecular complexity index is 2640. The molecule has 68 heavy (non-hydrogen) atoms. The average molecular weight is 945 g/mol. The van der Waals surface area contributed by atoms with Crippen LogP contribution >= 0.6 is 22.7 Å². The third-order valence-corrected chi connectivity index (χ3v) is 18.9. The van der Waals surface area contributed by atoms with Gasteiger partial charge in [-0.3, -0.25) is 19.2 Å². The van der Waals surface area contributed by atoms with Gasteiger partial charge in [0.2, 0.25) is 0 Å². The van der Waals surface area contributed by atoms with Crippen molar-refractivity contribution < 1.29 is 38.2 Å². The van der Waals surface area contributed by atoms with E-state index in [9.17, 15) is 28.8 Å². The fraction of sp³-hybridized carbons (Fsp3) is 0.429. The molecule has 8 aliphatic rings. The normalized spacial score (nSPS) is 30.1. The maximum atomic E-state index is 14.4. The van der Waals surface area contributed by atoms with E-state index in [0.29, 0.717) is 55.9 Å². The minimum absolute atomic E-state index is 0.00532. The Labute approximate surface area is 403 Å². The molecule has 0 N–H and O–H groups in total. The van der Waals surface area contributed by atoms with Gasteiger partial charge in [-0.15, -0.1) is 22.7 Å². The number of hydrogen-bond donors (Lipinski definition) is 0. The third-order valence-electron chi connectivity index (χ3n) is 16.7. The van der Waals surface area contributed by atoms with Crippen LogP contribution in [0.25, 0.3) is 11.1 Å². The molecular formula is C56H52N2O8S2. The van der Waals surface area contributed by atoms with Crippen molar-refractivity contribution >= 4 is 90.3 Å². The molecule has 346 valence electrons. The fourth-order valence-electron chi connectivity index (χ4n) is 13.3. The highest BCUT2D eigenvalue weighted by atomic mass is 32.1. The summed E-state index contributed by atoms with van der Waals surface area (Å²) in [5.74, 6) is -2.27. The van der Waals surface area contributed by atoms with Gasteiger partial charge in [-0.2, -0.15) is 0 Å². The molecule has 0 spiro atoms. The van der Waals surface area contributed by atoms with Crippen LogP contribution in [0.15, 0.2) is 94.9 Å². The van der Waals surface area contributed by atoms with Gasteiger partial charge in [0.05, 0.1) is 11.1 Å². The zero-order valence-electron chi connectivity index (χ0n) is 37.7. The zero-order chi connectivity index (χ0) is 46.2. The number of rotatable bonds is 8. The van der Waals surface area contributed by atoms with Crippen LogP contribution in [0.5, 0.6) is 0 Å². The van der Waals surface area contributed by atoms with Crippen LogP contribution in [-0.2, 0) is 51.5 Å². The summed E-state index contributed by atoms with van der Waals surface area (Å²) in [7, 11) is 0. The predicted octanol–water partition coefficient (Wildman–Crippen LogP) is 11.1. The first-order valence-electron chi connectivity index (χ1n) is 24.6. The van der Waals surface area contributed by atoms with Gasteiger partial charge in [-0.05, 0) is 72.6 Å². The van der Waals surface area contributed by atoms with Gasteiger partial charge in [0.25, 0.3) is 0 Å². The van der Waals surface area contributed by atoms with Gasteiger partial charge < -0.3 is 9.47 Å². The Balaban J connectivity index is 0.931. The number of fused-ring (bicyclic) bond motifs is 9. The van der Waals surface area contributed by atoms with Crippen LogP contribution in [-0.4, -0.2) is 46.5 Å². The quantitative estimate of drug-likeness (QED) is 0.159. The molecule has 0 radical (unpaired) electrons. The summed E-state index contributed by atoms with van der Waals surface area (Å²) in [4.78, 5) is 96.2. The highest BCUT2D eigenvalue weighted by molar-refractivity contribution is 7.17. The van der Waals surface area contributed by atoms with Crippen LogP contribution in [0.1, 0.15) is 121 Å². The summed E-state index contributed by atoms with van der Waals surface area (Å²) in [6, 6.07) is 22.4. The first-order chi connectivity index (χ1) is 33.2.